The molecule has 8 heteroatoms. The van der Waals surface area contributed by atoms with Gasteiger partial charge < -0.3 is 30.0 Å². The molecule has 0 saturated carbocycles. The second kappa shape index (κ2) is 18.5. The lowest BCUT2D eigenvalue weighted by Crippen LogP contribution is -2.38. The molecule has 0 spiro atoms. The first kappa shape index (κ1) is 39.5. The molecule has 7 aromatic carbocycles. The van der Waals surface area contributed by atoms with Crippen LogP contribution in [0.1, 0.15) is 59.6 Å². The first-order valence-corrected chi connectivity index (χ1v) is 20.1. The highest BCUT2D eigenvalue weighted by molar-refractivity contribution is 5.89. The van der Waals surface area contributed by atoms with Crippen molar-refractivity contribution in [1.29, 1.82) is 0 Å². The third-order valence-electron chi connectivity index (χ3n) is 11.0. The van der Waals surface area contributed by atoms with Crippen molar-refractivity contribution in [3.8, 4) is 22.6 Å². The second-order valence-corrected chi connectivity index (χ2v) is 15.1. The van der Waals surface area contributed by atoms with E-state index in [0.717, 1.165) is 45.7 Å². The highest BCUT2D eigenvalue weighted by atomic mass is 16.7. The Morgan fingerprint density at radius 1 is 0.712 bits per heavy atom. The van der Waals surface area contributed by atoms with E-state index in [0.29, 0.717) is 24.4 Å². The summed E-state index contributed by atoms with van der Waals surface area (Å²) in [7, 11) is 2.16. The summed E-state index contributed by atoms with van der Waals surface area (Å²) in [6.45, 7) is 3.34. The number of ether oxygens (including phenoxy) is 3. The molecule has 7 aromatic rings. The van der Waals surface area contributed by atoms with Crippen molar-refractivity contribution >= 4 is 22.5 Å². The number of nitrogens with one attached hydrogen (secondary N) is 2. The zero-order chi connectivity index (χ0) is 40.6. The van der Waals surface area contributed by atoms with Gasteiger partial charge in [0.15, 0.2) is 6.29 Å². The standard InChI is InChI=1S/C51H49N3O5/c1-35(42-24-21-38-10-6-7-11-44(38)30-42)54(2)33-48-31-49(40-17-15-36(34-55)16-18-40)59-50(58-48)41-22-19-39(20-23-41)43-12-8-9-37(29-43)32-52-51(56)53-45-25-27-47(28-26-45)57-46-13-4-3-5-14-46/h3-30,35,48-50,55H,31-34H2,1-2H3,(H2,52,53,56)/t35-,48-,49+,50+/m1/s1. The summed E-state index contributed by atoms with van der Waals surface area (Å²) < 4.78 is 19.3. The van der Waals surface area contributed by atoms with Gasteiger partial charge in [0.25, 0.3) is 0 Å². The van der Waals surface area contributed by atoms with E-state index in [-0.39, 0.29) is 30.9 Å². The Morgan fingerprint density at radius 3 is 2.19 bits per heavy atom. The van der Waals surface area contributed by atoms with E-state index in [1.807, 2.05) is 91.0 Å². The number of anilines is 1. The minimum Gasteiger partial charge on any atom is -0.457 e. The van der Waals surface area contributed by atoms with Crippen LogP contribution in [0.25, 0.3) is 21.9 Å². The minimum absolute atomic E-state index is 0.000326. The van der Waals surface area contributed by atoms with E-state index in [2.05, 4.69) is 108 Å². The maximum atomic E-state index is 12.8. The Kier molecular flexibility index (Phi) is 12.4. The van der Waals surface area contributed by atoms with Crippen molar-refractivity contribution in [2.24, 2.45) is 0 Å². The van der Waals surface area contributed by atoms with Crippen LogP contribution >= 0.6 is 0 Å². The first-order valence-electron chi connectivity index (χ1n) is 20.1. The van der Waals surface area contributed by atoms with Crippen LogP contribution in [0.4, 0.5) is 10.5 Å². The van der Waals surface area contributed by atoms with Crippen LogP contribution in [0.15, 0.2) is 170 Å². The molecule has 4 atom stereocenters. The molecule has 1 aliphatic rings. The first-order chi connectivity index (χ1) is 28.9. The van der Waals surface area contributed by atoms with Crippen LogP contribution < -0.4 is 15.4 Å². The Balaban J connectivity index is 0.910. The molecule has 0 unspecified atom stereocenters. The summed E-state index contributed by atoms with van der Waals surface area (Å²) in [4.78, 5) is 15.1. The molecule has 1 fully saturated rings. The van der Waals surface area contributed by atoms with Crippen LogP contribution in [-0.4, -0.2) is 35.7 Å². The van der Waals surface area contributed by atoms with Crippen molar-refractivity contribution < 1.29 is 24.1 Å². The average molecular weight is 784 g/mol. The molecular weight excluding hydrogens is 735 g/mol. The summed E-state index contributed by atoms with van der Waals surface area (Å²) >= 11 is 0. The minimum atomic E-state index is -0.559. The van der Waals surface area contributed by atoms with Gasteiger partial charge in [0.05, 0.1) is 18.8 Å². The molecule has 59 heavy (non-hydrogen) atoms. The quantitative estimate of drug-likeness (QED) is 0.108. The van der Waals surface area contributed by atoms with Crippen LogP contribution in [0, 0.1) is 0 Å². The number of benzene rings is 7. The van der Waals surface area contributed by atoms with Crippen LogP contribution in [0.3, 0.4) is 0 Å². The molecule has 1 saturated heterocycles. The van der Waals surface area contributed by atoms with Gasteiger partial charge in [-0.25, -0.2) is 4.79 Å². The second-order valence-electron chi connectivity index (χ2n) is 15.1. The number of para-hydroxylation sites is 1. The predicted molar refractivity (Wildman–Crippen MR) is 234 cm³/mol. The Morgan fingerprint density at radius 2 is 1.42 bits per heavy atom. The molecule has 0 aromatic heterocycles. The molecule has 298 valence electrons. The molecule has 1 heterocycles. The van der Waals surface area contributed by atoms with Gasteiger partial charge in [0, 0.05) is 36.8 Å². The fourth-order valence-electron chi connectivity index (χ4n) is 7.52. The number of hydrogen-bond donors (Lipinski definition) is 3. The lowest BCUT2D eigenvalue weighted by Gasteiger charge is -2.39. The highest BCUT2D eigenvalue weighted by Crippen LogP contribution is 2.39. The number of carbonyl (C=O) groups excluding carboxylic acids is 1. The van der Waals surface area contributed by atoms with Crippen molar-refractivity contribution in [1.82, 2.24) is 10.2 Å². The van der Waals surface area contributed by atoms with Gasteiger partial charge >= 0.3 is 6.03 Å². The van der Waals surface area contributed by atoms with Crippen LogP contribution in [0.5, 0.6) is 11.5 Å². The summed E-state index contributed by atoms with van der Waals surface area (Å²) in [6, 6.07) is 56.4. The van der Waals surface area contributed by atoms with E-state index < -0.39 is 6.29 Å². The number of aliphatic hydroxyl groups excluding tert-OH is 1. The number of urea groups is 1. The lowest BCUT2D eigenvalue weighted by molar-refractivity contribution is -0.253. The van der Waals surface area contributed by atoms with E-state index >= 15 is 0 Å². The molecule has 8 rings (SSSR count). The van der Waals surface area contributed by atoms with Crippen molar-refractivity contribution in [3.05, 3.63) is 198 Å². The number of hydrogen-bond acceptors (Lipinski definition) is 6. The number of amides is 2. The molecule has 8 nitrogen and oxygen atoms in total. The largest absolute Gasteiger partial charge is 0.457 e. The number of carbonyl (C=O) groups is 1. The monoisotopic (exact) mass is 783 g/mol. The topological polar surface area (TPSA) is 92.3 Å². The summed E-state index contributed by atoms with van der Waals surface area (Å²) in [5.74, 6) is 1.44. The molecular formula is C51H49N3O5. The van der Waals surface area contributed by atoms with Crippen molar-refractivity contribution in [3.63, 3.8) is 0 Å². The maximum absolute atomic E-state index is 12.8. The fourth-order valence-corrected chi connectivity index (χ4v) is 7.52. The van der Waals surface area contributed by atoms with Crippen molar-refractivity contribution in [2.75, 3.05) is 18.9 Å². The maximum Gasteiger partial charge on any atom is 0.319 e. The van der Waals surface area contributed by atoms with E-state index in [1.165, 1.54) is 16.3 Å². The van der Waals surface area contributed by atoms with Gasteiger partial charge in [-0.15, -0.1) is 0 Å². The van der Waals surface area contributed by atoms with Gasteiger partial charge in [0.1, 0.15) is 11.5 Å². The zero-order valence-electron chi connectivity index (χ0n) is 33.3. The molecule has 0 aliphatic carbocycles. The van der Waals surface area contributed by atoms with E-state index in [9.17, 15) is 9.90 Å². The van der Waals surface area contributed by atoms with E-state index in [1.54, 1.807) is 0 Å². The average Bonchev–Trinajstić information content (AvgIpc) is 3.29. The number of aliphatic hydroxyl groups is 1. The predicted octanol–water partition coefficient (Wildman–Crippen LogP) is 11.4. The smallest absolute Gasteiger partial charge is 0.319 e. The fraction of sp³-hybridized carbons (Fsp3) is 0.196. The number of likely N-dealkylation sites (N-methyl/N-ethyl adjacent to an activating group) is 1. The van der Waals surface area contributed by atoms with Crippen LogP contribution in [0.2, 0.25) is 0 Å². The lowest BCUT2D eigenvalue weighted by atomic mass is 9.98. The van der Waals surface area contributed by atoms with E-state index in [4.69, 9.17) is 14.2 Å². The Bertz CT molecular complexity index is 2460. The van der Waals surface area contributed by atoms with Crippen molar-refractivity contribution in [2.45, 2.75) is 51.0 Å². The Hall–Kier alpha value is -6.29. The number of fused-ring (bicyclic) bond motifs is 1. The molecule has 0 bridgehead atoms. The molecule has 1 aliphatic heterocycles. The molecule has 2 amide bonds. The highest BCUT2D eigenvalue weighted by Gasteiger charge is 2.33. The van der Waals surface area contributed by atoms with Gasteiger partial charge in [-0.3, -0.25) is 4.90 Å². The number of rotatable bonds is 13. The normalized spacial score (nSPS) is 17.1. The van der Waals surface area contributed by atoms with Gasteiger partial charge in [-0.2, -0.15) is 0 Å². The van der Waals surface area contributed by atoms with Gasteiger partial charge in [-0.05, 0) is 107 Å². The SMILES string of the molecule is C[C@H](c1ccc2ccccc2c1)N(C)C[C@H]1C[C@@H](c2ccc(CO)cc2)O[C@@H](c2ccc(-c3cccc(CNC(=O)Nc4ccc(Oc5ccccc5)cc4)c3)cc2)O1. The molecule has 3 N–H and O–H groups in total. The van der Waals surface area contributed by atoms with Gasteiger partial charge in [0.2, 0.25) is 0 Å². The van der Waals surface area contributed by atoms with Gasteiger partial charge in [-0.1, -0.05) is 121 Å². The summed E-state index contributed by atoms with van der Waals surface area (Å²) in [5, 5.41) is 18.0. The third kappa shape index (κ3) is 10.1. The van der Waals surface area contributed by atoms with Crippen LogP contribution in [-0.2, 0) is 22.6 Å². The Labute approximate surface area is 346 Å². The zero-order valence-corrected chi connectivity index (χ0v) is 33.3. The molecule has 0 radical (unpaired) electrons. The summed E-state index contributed by atoms with van der Waals surface area (Å²) in [5.41, 5.74) is 7.87. The third-order valence-corrected chi connectivity index (χ3v) is 11.0. The number of nitrogens with zero attached hydrogens (tertiary/aromatic N) is 1. The summed E-state index contributed by atoms with van der Waals surface area (Å²) in [6.07, 6.45) is -0.115.